The third kappa shape index (κ3) is 5.14. The van der Waals surface area contributed by atoms with Crippen molar-refractivity contribution in [3.8, 4) is 0 Å². The van der Waals surface area contributed by atoms with Crippen LogP contribution in [0.15, 0.2) is 47.4 Å². The lowest BCUT2D eigenvalue weighted by atomic mass is 9.98. The molecule has 1 aliphatic rings. The first-order valence-corrected chi connectivity index (χ1v) is 11.8. The predicted octanol–water partition coefficient (Wildman–Crippen LogP) is 4.40. The number of sulfonamides is 1. The first-order valence-electron chi connectivity index (χ1n) is 9.96. The van der Waals surface area contributed by atoms with Gasteiger partial charge in [-0.1, -0.05) is 30.7 Å². The van der Waals surface area contributed by atoms with Crippen LogP contribution in [0.25, 0.3) is 0 Å². The maximum absolute atomic E-state index is 12.8. The van der Waals surface area contributed by atoms with Crippen molar-refractivity contribution >= 4 is 33.3 Å². The normalized spacial score (nSPS) is 16.3. The Morgan fingerprint density at radius 2 is 1.80 bits per heavy atom. The fourth-order valence-corrected chi connectivity index (χ4v) is 5.00. The van der Waals surface area contributed by atoms with Crippen LogP contribution in [-0.2, 0) is 14.8 Å². The van der Waals surface area contributed by atoms with E-state index in [9.17, 15) is 13.2 Å². The Morgan fingerprint density at radius 3 is 2.40 bits per heavy atom. The van der Waals surface area contributed by atoms with Crippen molar-refractivity contribution in [1.29, 1.82) is 0 Å². The summed E-state index contributed by atoms with van der Waals surface area (Å²) < 4.78 is 33.0. The number of hydrogen-bond acceptors (Lipinski definition) is 5. The Morgan fingerprint density at radius 1 is 1.17 bits per heavy atom. The van der Waals surface area contributed by atoms with Gasteiger partial charge in [-0.3, -0.25) is 0 Å². The number of halogens is 1. The third-order valence-electron chi connectivity index (χ3n) is 5.53. The summed E-state index contributed by atoms with van der Waals surface area (Å²) in [6, 6.07) is 11.5. The van der Waals surface area contributed by atoms with Gasteiger partial charge in [-0.15, -0.1) is 0 Å². The Hall–Kier alpha value is -2.09. The van der Waals surface area contributed by atoms with Gasteiger partial charge in [0, 0.05) is 24.8 Å². The molecule has 1 saturated heterocycles. The second-order valence-corrected chi connectivity index (χ2v) is 9.86. The second kappa shape index (κ2) is 9.37. The fourth-order valence-electron chi connectivity index (χ4n) is 3.55. The van der Waals surface area contributed by atoms with Crippen molar-refractivity contribution in [3.05, 3.63) is 58.6 Å². The highest BCUT2D eigenvalue weighted by atomic mass is 35.5. The molecular weight excluding hydrogens is 424 g/mol. The number of esters is 1. The quantitative estimate of drug-likeness (QED) is 0.660. The minimum Gasteiger partial charge on any atom is -0.465 e. The zero-order valence-corrected chi connectivity index (χ0v) is 19.0. The summed E-state index contributed by atoms with van der Waals surface area (Å²) in [4.78, 5) is 14.1. The van der Waals surface area contributed by atoms with Crippen LogP contribution in [0.5, 0.6) is 0 Å². The van der Waals surface area contributed by atoms with Gasteiger partial charge < -0.3 is 9.64 Å². The topological polar surface area (TPSA) is 75.7 Å². The monoisotopic (exact) mass is 450 g/mol. The molecule has 30 heavy (non-hydrogen) atoms. The van der Waals surface area contributed by atoms with Crippen LogP contribution < -0.4 is 9.62 Å². The first-order chi connectivity index (χ1) is 14.2. The van der Waals surface area contributed by atoms with Crippen LogP contribution in [0.4, 0.5) is 5.69 Å². The molecule has 1 aliphatic heterocycles. The number of methoxy groups -OCH3 is 1. The summed E-state index contributed by atoms with van der Waals surface area (Å²) in [5.74, 6) is 0.0790. The van der Waals surface area contributed by atoms with E-state index in [0.717, 1.165) is 30.3 Å². The van der Waals surface area contributed by atoms with Crippen molar-refractivity contribution in [2.45, 2.75) is 37.6 Å². The average molecular weight is 451 g/mol. The van der Waals surface area contributed by atoms with E-state index in [1.807, 2.05) is 24.3 Å². The van der Waals surface area contributed by atoms with Gasteiger partial charge in [-0.25, -0.2) is 17.9 Å². The lowest BCUT2D eigenvalue weighted by molar-refractivity contribution is 0.0600. The molecule has 3 rings (SSSR count). The van der Waals surface area contributed by atoms with Crippen LogP contribution in [0.1, 0.15) is 48.7 Å². The van der Waals surface area contributed by atoms with E-state index < -0.39 is 22.0 Å². The number of carbonyl (C=O) groups is 1. The smallest absolute Gasteiger partial charge is 0.339 e. The van der Waals surface area contributed by atoms with E-state index in [0.29, 0.717) is 0 Å². The van der Waals surface area contributed by atoms with Gasteiger partial charge in [-0.05, 0) is 61.6 Å². The minimum atomic E-state index is -3.85. The number of hydrogen-bond donors (Lipinski definition) is 1. The molecule has 2 aromatic carbocycles. The first kappa shape index (κ1) is 22.6. The Labute approximate surface area is 183 Å². The molecule has 1 N–H and O–H groups in total. The van der Waals surface area contributed by atoms with E-state index >= 15 is 0 Å². The predicted molar refractivity (Wildman–Crippen MR) is 119 cm³/mol. The van der Waals surface area contributed by atoms with Crippen LogP contribution >= 0.6 is 11.6 Å². The summed E-state index contributed by atoms with van der Waals surface area (Å²) in [5, 5.41) is 0.136. The highest BCUT2D eigenvalue weighted by molar-refractivity contribution is 7.89. The lowest BCUT2D eigenvalue weighted by Gasteiger charge is -2.32. The van der Waals surface area contributed by atoms with Gasteiger partial charge >= 0.3 is 5.97 Å². The minimum absolute atomic E-state index is 0.00916. The van der Waals surface area contributed by atoms with Gasteiger partial charge in [0.1, 0.15) is 0 Å². The number of piperidine rings is 1. The maximum atomic E-state index is 12.8. The largest absolute Gasteiger partial charge is 0.465 e. The molecule has 2 aromatic rings. The molecule has 6 nitrogen and oxygen atoms in total. The van der Waals surface area contributed by atoms with Gasteiger partial charge in [0.05, 0.1) is 22.6 Å². The van der Waals surface area contributed by atoms with Crippen LogP contribution in [0.2, 0.25) is 5.02 Å². The molecule has 0 aliphatic carbocycles. The van der Waals surface area contributed by atoms with E-state index in [1.54, 1.807) is 6.92 Å². The Balaban J connectivity index is 1.73. The van der Waals surface area contributed by atoms with E-state index in [2.05, 4.69) is 21.3 Å². The molecule has 0 amide bonds. The summed E-state index contributed by atoms with van der Waals surface area (Å²) in [6.07, 6.45) is 2.37. The molecule has 162 valence electrons. The number of ether oxygens (including phenoxy) is 1. The third-order valence-corrected chi connectivity index (χ3v) is 7.40. The number of benzene rings is 2. The summed E-state index contributed by atoms with van der Waals surface area (Å²) in [6.45, 7) is 6.15. The van der Waals surface area contributed by atoms with Crippen molar-refractivity contribution in [1.82, 2.24) is 4.72 Å². The van der Waals surface area contributed by atoms with Crippen molar-refractivity contribution in [2.75, 3.05) is 25.1 Å². The molecule has 1 unspecified atom stereocenters. The molecule has 1 fully saturated rings. The van der Waals surface area contributed by atoms with E-state index in [4.69, 9.17) is 11.6 Å². The number of nitrogens with zero attached hydrogens (tertiary/aromatic N) is 1. The van der Waals surface area contributed by atoms with Gasteiger partial charge in [0.25, 0.3) is 0 Å². The molecular formula is C22H27ClN2O4S. The van der Waals surface area contributed by atoms with Gasteiger partial charge in [-0.2, -0.15) is 0 Å². The average Bonchev–Trinajstić information content (AvgIpc) is 2.73. The highest BCUT2D eigenvalue weighted by Gasteiger charge is 2.22. The number of carbonyl (C=O) groups excluding carboxylic acids is 1. The van der Waals surface area contributed by atoms with Crippen molar-refractivity contribution in [2.24, 2.45) is 5.92 Å². The van der Waals surface area contributed by atoms with Crippen LogP contribution in [-0.4, -0.2) is 34.6 Å². The van der Waals surface area contributed by atoms with E-state index in [-0.39, 0.29) is 15.5 Å². The summed E-state index contributed by atoms with van der Waals surface area (Å²) >= 11 is 5.99. The second-order valence-electron chi connectivity index (χ2n) is 7.74. The number of anilines is 1. The maximum Gasteiger partial charge on any atom is 0.339 e. The zero-order chi connectivity index (χ0) is 21.9. The SMILES string of the molecule is COC(=O)c1cc(S(=O)(=O)NC(C)c2ccc(N3CCC(C)CC3)cc2)ccc1Cl. The number of nitrogens with one attached hydrogen (secondary N) is 1. The van der Waals surface area contributed by atoms with Crippen molar-refractivity contribution < 1.29 is 17.9 Å². The zero-order valence-electron chi connectivity index (χ0n) is 17.4. The van der Waals surface area contributed by atoms with E-state index in [1.165, 1.54) is 38.2 Å². The number of rotatable bonds is 6. The molecule has 0 saturated carbocycles. The van der Waals surface area contributed by atoms with Crippen LogP contribution in [0.3, 0.4) is 0 Å². The summed E-state index contributed by atoms with van der Waals surface area (Å²) in [5.41, 5.74) is 2.02. The molecule has 0 spiro atoms. The molecule has 0 aromatic heterocycles. The Kier molecular flexibility index (Phi) is 7.06. The molecule has 8 heteroatoms. The van der Waals surface area contributed by atoms with Gasteiger partial charge in [0.15, 0.2) is 0 Å². The molecule has 0 radical (unpaired) electrons. The highest BCUT2D eigenvalue weighted by Crippen LogP contribution is 2.26. The van der Waals surface area contributed by atoms with Gasteiger partial charge in [0.2, 0.25) is 10.0 Å². The molecule has 1 heterocycles. The lowest BCUT2D eigenvalue weighted by Crippen LogP contribution is -2.32. The van der Waals surface area contributed by atoms with Crippen LogP contribution in [0, 0.1) is 5.92 Å². The Bertz CT molecular complexity index is 1000. The standard InChI is InChI=1S/C22H27ClN2O4S/c1-15-10-12-25(13-11-15)18-6-4-17(5-7-18)16(2)24-30(27,28)19-8-9-21(23)20(14-19)22(26)29-3/h4-9,14-16,24H,10-13H2,1-3H3. The molecule has 1 atom stereocenters. The fraction of sp³-hybridized carbons (Fsp3) is 0.409. The summed E-state index contributed by atoms with van der Waals surface area (Å²) in [7, 11) is -2.64. The molecule has 0 bridgehead atoms. The van der Waals surface area contributed by atoms with Crippen molar-refractivity contribution in [3.63, 3.8) is 0 Å².